The van der Waals surface area contributed by atoms with E-state index in [-0.39, 0.29) is 12.5 Å². The quantitative estimate of drug-likeness (QED) is 0.870. The first-order valence-corrected chi connectivity index (χ1v) is 6.99. The molecule has 1 fully saturated rings. The Kier molecular flexibility index (Phi) is 5.30. The van der Waals surface area contributed by atoms with Crippen molar-refractivity contribution in [3.05, 3.63) is 30.3 Å². The number of nitrogens with zero attached hydrogens (tertiary/aromatic N) is 2. The van der Waals surface area contributed by atoms with E-state index in [0.717, 1.165) is 0 Å². The molecule has 1 N–H and O–H groups in total. The summed E-state index contributed by atoms with van der Waals surface area (Å²) in [5, 5.41) is 9.24. The molecule has 0 bridgehead atoms. The van der Waals surface area contributed by atoms with E-state index >= 15 is 0 Å². The summed E-state index contributed by atoms with van der Waals surface area (Å²) in [7, 11) is 0. The molecule has 21 heavy (non-hydrogen) atoms. The number of carboxylic acid groups (broad SMARTS) is 1. The first kappa shape index (κ1) is 15.5. The standard InChI is InChI=1S/C15H20N2O4/c1-12(15(19)20)17(13-5-3-2-4-6-13)14(18)11-16-7-9-21-10-8-16/h2-6,12H,7-11H2,1H3,(H,19,20)/t12-/m0/s1. The molecule has 1 aliphatic rings. The number of ether oxygens (including phenoxy) is 1. The third-order valence-electron chi connectivity index (χ3n) is 3.51. The molecule has 1 aliphatic heterocycles. The van der Waals surface area contributed by atoms with Crippen LogP contribution in [0.3, 0.4) is 0 Å². The molecule has 1 aromatic carbocycles. The molecule has 1 heterocycles. The topological polar surface area (TPSA) is 70.1 Å². The Hall–Kier alpha value is -1.92. The average Bonchev–Trinajstić information content (AvgIpc) is 2.49. The van der Waals surface area contributed by atoms with E-state index < -0.39 is 12.0 Å². The van der Waals surface area contributed by atoms with Gasteiger partial charge >= 0.3 is 5.97 Å². The molecule has 6 heteroatoms. The van der Waals surface area contributed by atoms with Crippen molar-refractivity contribution in [1.29, 1.82) is 0 Å². The number of benzene rings is 1. The maximum atomic E-state index is 12.5. The maximum absolute atomic E-state index is 12.5. The summed E-state index contributed by atoms with van der Waals surface area (Å²) in [6, 6.07) is 8.01. The number of amides is 1. The molecule has 6 nitrogen and oxygen atoms in total. The number of aliphatic carboxylic acids is 1. The summed E-state index contributed by atoms with van der Waals surface area (Å²) < 4.78 is 5.25. The van der Waals surface area contributed by atoms with Crippen LogP contribution in [0, 0.1) is 0 Å². The van der Waals surface area contributed by atoms with E-state index in [1.165, 1.54) is 11.8 Å². The van der Waals surface area contributed by atoms with Gasteiger partial charge in [-0.1, -0.05) is 18.2 Å². The Morgan fingerprint density at radius 1 is 1.29 bits per heavy atom. The predicted octanol–water partition coefficient (Wildman–Crippen LogP) is 0.825. The molecule has 0 spiro atoms. The fraction of sp³-hybridized carbons (Fsp3) is 0.467. The summed E-state index contributed by atoms with van der Waals surface area (Å²) >= 11 is 0. The van der Waals surface area contributed by atoms with E-state index in [9.17, 15) is 14.7 Å². The molecular weight excluding hydrogens is 272 g/mol. The Bertz CT molecular complexity index is 486. The highest BCUT2D eigenvalue weighted by molar-refractivity contribution is 6.00. The fourth-order valence-electron chi connectivity index (χ4n) is 2.31. The molecule has 1 saturated heterocycles. The highest BCUT2D eigenvalue weighted by Crippen LogP contribution is 2.17. The van der Waals surface area contributed by atoms with E-state index in [0.29, 0.717) is 32.0 Å². The van der Waals surface area contributed by atoms with Crippen LogP contribution in [0.1, 0.15) is 6.92 Å². The van der Waals surface area contributed by atoms with E-state index in [4.69, 9.17) is 4.74 Å². The van der Waals surface area contributed by atoms with Crippen molar-refractivity contribution in [2.24, 2.45) is 0 Å². The van der Waals surface area contributed by atoms with Crippen LogP contribution in [0.5, 0.6) is 0 Å². The van der Waals surface area contributed by atoms with Crippen LogP contribution in [0.2, 0.25) is 0 Å². The van der Waals surface area contributed by atoms with Gasteiger partial charge < -0.3 is 9.84 Å². The lowest BCUT2D eigenvalue weighted by molar-refractivity contribution is -0.139. The molecule has 114 valence electrons. The number of carboxylic acids is 1. The summed E-state index contributed by atoms with van der Waals surface area (Å²) in [6.07, 6.45) is 0. The molecule has 0 radical (unpaired) electrons. The molecule has 1 atom stereocenters. The number of hydrogen-bond acceptors (Lipinski definition) is 4. The second-order valence-electron chi connectivity index (χ2n) is 5.00. The van der Waals surface area contributed by atoms with E-state index in [1.807, 2.05) is 11.0 Å². The number of morpholine rings is 1. The molecule has 0 saturated carbocycles. The lowest BCUT2D eigenvalue weighted by atomic mass is 10.2. The van der Waals surface area contributed by atoms with Gasteiger partial charge in [-0.2, -0.15) is 0 Å². The number of carbonyl (C=O) groups excluding carboxylic acids is 1. The van der Waals surface area contributed by atoms with Crippen LogP contribution in [0.4, 0.5) is 5.69 Å². The Labute approximate surface area is 123 Å². The van der Waals surface area contributed by atoms with Crippen LogP contribution in [0.15, 0.2) is 30.3 Å². The van der Waals surface area contributed by atoms with Crippen molar-refractivity contribution in [3.63, 3.8) is 0 Å². The molecule has 2 rings (SSSR count). The summed E-state index contributed by atoms with van der Waals surface area (Å²) in [6.45, 7) is 4.31. The SMILES string of the molecule is C[C@@H](C(=O)O)N(C(=O)CN1CCOCC1)c1ccccc1. The lowest BCUT2D eigenvalue weighted by Crippen LogP contribution is -2.49. The first-order chi connectivity index (χ1) is 10.1. The van der Waals surface area contributed by atoms with Crippen molar-refractivity contribution in [2.45, 2.75) is 13.0 Å². The van der Waals surface area contributed by atoms with Gasteiger partial charge in [0.25, 0.3) is 0 Å². The van der Waals surface area contributed by atoms with Gasteiger partial charge in [0.05, 0.1) is 19.8 Å². The van der Waals surface area contributed by atoms with Crippen LogP contribution in [0.25, 0.3) is 0 Å². The maximum Gasteiger partial charge on any atom is 0.326 e. The smallest absolute Gasteiger partial charge is 0.326 e. The number of para-hydroxylation sites is 1. The summed E-state index contributed by atoms with van der Waals surface area (Å²) in [5.41, 5.74) is 0.602. The van der Waals surface area contributed by atoms with Gasteiger partial charge in [-0.15, -0.1) is 0 Å². The fourth-order valence-corrected chi connectivity index (χ4v) is 2.31. The zero-order valence-corrected chi connectivity index (χ0v) is 12.1. The number of carbonyl (C=O) groups is 2. The van der Waals surface area contributed by atoms with Crippen LogP contribution in [-0.2, 0) is 14.3 Å². The van der Waals surface area contributed by atoms with E-state index in [1.54, 1.807) is 24.3 Å². The third-order valence-corrected chi connectivity index (χ3v) is 3.51. The zero-order valence-electron chi connectivity index (χ0n) is 12.1. The van der Waals surface area contributed by atoms with Crippen LogP contribution in [-0.4, -0.2) is 60.8 Å². The van der Waals surface area contributed by atoms with Crippen LogP contribution < -0.4 is 4.90 Å². The second-order valence-corrected chi connectivity index (χ2v) is 5.00. The largest absolute Gasteiger partial charge is 0.480 e. The second kappa shape index (κ2) is 7.19. The molecular formula is C15H20N2O4. The summed E-state index contributed by atoms with van der Waals surface area (Å²) in [4.78, 5) is 27.1. The monoisotopic (exact) mass is 292 g/mol. The van der Waals surface area contributed by atoms with Crippen molar-refractivity contribution in [3.8, 4) is 0 Å². The van der Waals surface area contributed by atoms with Gasteiger partial charge in [0.2, 0.25) is 5.91 Å². The van der Waals surface area contributed by atoms with Crippen LogP contribution >= 0.6 is 0 Å². The van der Waals surface area contributed by atoms with Crippen molar-refractivity contribution in [1.82, 2.24) is 4.90 Å². The first-order valence-electron chi connectivity index (χ1n) is 6.99. The number of anilines is 1. The molecule has 0 aliphatic carbocycles. The van der Waals surface area contributed by atoms with Gasteiger partial charge in [-0.25, -0.2) is 4.79 Å². The third kappa shape index (κ3) is 4.03. The minimum Gasteiger partial charge on any atom is -0.480 e. The minimum atomic E-state index is -1.02. The Morgan fingerprint density at radius 3 is 2.48 bits per heavy atom. The van der Waals surface area contributed by atoms with Crippen molar-refractivity contribution < 1.29 is 19.4 Å². The average molecular weight is 292 g/mol. The predicted molar refractivity (Wildman–Crippen MR) is 78.3 cm³/mol. The molecule has 0 aromatic heterocycles. The number of rotatable bonds is 5. The summed E-state index contributed by atoms with van der Waals surface area (Å²) in [5.74, 6) is -1.23. The highest BCUT2D eigenvalue weighted by Gasteiger charge is 2.28. The van der Waals surface area contributed by atoms with Gasteiger partial charge in [-0.3, -0.25) is 14.6 Å². The van der Waals surface area contributed by atoms with Gasteiger partial charge in [-0.05, 0) is 19.1 Å². The van der Waals surface area contributed by atoms with Gasteiger partial charge in [0, 0.05) is 18.8 Å². The van der Waals surface area contributed by atoms with E-state index in [2.05, 4.69) is 0 Å². The molecule has 1 aromatic rings. The molecule has 1 amide bonds. The van der Waals surface area contributed by atoms with Crippen molar-refractivity contribution in [2.75, 3.05) is 37.7 Å². The Balaban J connectivity index is 2.14. The lowest BCUT2D eigenvalue weighted by Gasteiger charge is -2.31. The zero-order chi connectivity index (χ0) is 15.2. The van der Waals surface area contributed by atoms with Gasteiger partial charge in [0.1, 0.15) is 6.04 Å². The molecule has 0 unspecified atom stereocenters. The van der Waals surface area contributed by atoms with Crippen molar-refractivity contribution >= 4 is 17.6 Å². The highest BCUT2D eigenvalue weighted by atomic mass is 16.5. The number of hydrogen-bond donors (Lipinski definition) is 1. The van der Waals surface area contributed by atoms with Gasteiger partial charge in [0.15, 0.2) is 0 Å². The Morgan fingerprint density at radius 2 is 1.90 bits per heavy atom. The normalized spacial score (nSPS) is 17.2. The minimum absolute atomic E-state index is 0.204.